The van der Waals surface area contributed by atoms with Crippen molar-refractivity contribution in [2.45, 2.75) is 25.7 Å². The Morgan fingerprint density at radius 3 is 2.40 bits per heavy atom. The molecule has 0 spiro atoms. The zero-order chi connectivity index (χ0) is 23.9. The predicted molar refractivity (Wildman–Crippen MR) is 144 cm³/mol. The molecule has 0 unspecified atom stereocenters. The van der Waals surface area contributed by atoms with Crippen LogP contribution >= 0.6 is 0 Å². The molecule has 5 nitrogen and oxygen atoms in total. The Labute approximate surface area is 208 Å². The normalized spacial score (nSPS) is 14.8. The van der Waals surface area contributed by atoms with Gasteiger partial charge in [0.2, 0.25) is 0 Å². The van der Waals surface area contributed by atoms with E-state index in [9.17, 15) is 0 Å². The number of fused-ring (bicyclic) bond motifs is 1. The van der Waals surface area contributed by atoms with Gasteiger partial charge in [0.05, 0.1) is 12.6 Å². The fraction of sp³-hybridized carbons (Fsp3) is 0.333. The molecule has 5 rings (SSSR count). The minimum absolute atomic E-state index is 0.731. The second-order valence-corrected chi connectivity index (χ2v) is 9.40. The number of rotatable bonds is 9. The molecule has 0 radical (unpaired) electrons. The lowest BCUT2D eigenvalue weighted by atomic mass is 9.90. The van der Waals surface area contributed by atoms with E-state index in [0.717, 1.165) is 59.3 Å². The van der Waals surface area contributed by atoms with Gasteiger partial charge in [0, 0.05) is 17.5 Å². The van der Waals surface area contributed by atoms with Crippen molar-refractivity contribution in [1.29, 1.82) is 0 Å². The summed E-state index contributed by atoms with van der Waals surface area (Å²) in [5.41, 5.74) is 3.41. The van der Waals surface area contributed by atoms with Gasteiger partial charge in [0.25, 0.3) is 0 Å². The smallest absolute Gasteiger partial charge is 0.162 e. The number of nitrogens with zero attached hydrogens (tertiary/aromatic N) is 3. The summed E-state index contributed by atoms with van der Waals surface area (Å²) in [6.45, 7) is 4.43. The third kappa shape index (κ3) is 5.98. The molecule has 0 atom stereocenters. The first-order chi connectivity index (χ1) is 17.3. The van der Waals surface area contributed by atoms with Gasteiger partial charge >= 0.3 is 0 Å². The molecule has 1 aromatic heterocycles. The molecule has 0 bridgehead atoms. The van der Waals surface area contributed by atoms with Crippen molar-refractivity contribution >= 4 is 16.7 Å². The summed E-state index contributed by atoms with van der Waals surface area (Å²) in [4.78, 5) is 12.3. The number of aromatic nitrogens is 2. The van der Waals surface area contributed by atoms with Crippen LogP contribution in [0.1, 0.15) is 24.8 Å². The average Bonchev–Trinajstić information content (AvgIpc) is 2.92. The molecule has 3 aromatic carbocycles. The molecule has 4 aromatic rings. The van der Waals surface area contributed by atoms with Crippen LogP contribution < -0.4 is 10.1 Å². The number of anilines is 1. The van der Waals surface area contributed by atoms with E-state index in [1.54, 1.807) is 7.11 Å². The second-order valence-electron chi connectivity index (χ2n) is 9.40. The van der Waals surface area contributed by atoms with E-state index in [-0.39, 0.29) is 0 Å². The van der Waals surface area contributed by atoms with E-state index >= 15 is 0 Å². The molecule has 1 saturated heterocycles. The molecule has 1 N–H and O–H groups in total. The van der Waals surface area contributed by atoms with Crippen LogP contribution in [-0.4, -0.2) is 48.2 Å². The predicted octanol–water partition coefficient (Wildman–Crippen LogP) is 6.06. The summed E-state index contributed by atoms with van der Waals surface area (Å²) in [5.74, 6) is 3.28. The van der Waals surface area contributed by atoms with Crippen LogP contribution in [-0.2, 0) is 6.42 Å². The summed E-state index contributed by atoms with van der Waals surface area (Å²) in [7, 11) is 1.68. The van der Waals surface area contributed by atoms with Gasteiger partial charge in [0.1, 0.15) is 11.6 Å². The molecule has 5 heteroatoms. The van der Waals surface area contributed by atoms with Crippen LogP contribution in [0.3, 0.4) is 0 Å². The number of piperidine rings is 1. The summed E-state index contributed by atoms with van der Waals surface area (Å²) < 4.78 is 5.29. The Morgan fingerprint density at radius 2 is 1.63 bits per heavy atom. The third-order valence-electron chi connectivity index (χ3n) is 6.97. The van der Waals surface area contributed by atoms with E-state index in [4.69, 9.17) is 14.7 Å². The van der Waals surface area contributed by atoms with E-state index < -0.39 is 0 Å². The van der Waals surface area contributed by atoms with Crippen molar-refractivity contribution in [2.24, 2.45) is 5.92 Å². The standard InChI is InChI=1S/C30H34N4O/c1-35-26-14-12-25(13-15-26)29-32-28-11-6-5-10-27(28)30(33-29)31-18-7-19-34-20-16-24(17-21-34)22-23-8-3-2-4-9-23/h2-6,8-15,24H,7,16-22H2,1H3,(H,31,32,33). The number of ether oxygens (including phenoxy) is 1. The monoisotopic (exact) mass is 466 g/mol. The average molecular weight is 467 g/mol. The number of hydrogen-bond acceptors (Lipinski definition) is 5. The van der Waals surface area contributed by atoms with Crippen molar-refractivity contribution in [3.05, 3.63) is 84.4 Å². The second kappa shape index (κ2) is 11.3. The van der Waals surface area contributed by atoms with Crippen molar-refractivity contribution in [1.82, 2.24) is 14.9 Å². The van der Waals surface area contributed by atoms with Gasteiger partial charge in [-0.25, -0.2) is 9.97 Å². The molecule has 180 valence electrons. The maximum absolute atomic E-state index is 5.29. The van der Waals surface area contributed by atoms with Gasteiger partial charge in [-0.05, 0) is 93.2 Å². The molecule has 1 fully saturated rings. The van der Waals surface area contributed by atoms with E-state index in [1.807, 2.05) is 36.4 Å². The number of para-hydroxylation sites is 1. The van der Waals surface area contributed by atoms with Crippen LogP contribution in [0, 0.1) is 5.92 Å². The minimum Gasteiger partial charge on any atom is -0.497 e. The molecule has 1 aliphatic heterocycles. The summed E-state index contributed by atoms with van der Waals surface area (Å²) >= 11 is 0. The Balaban J connectivity index is 1.16. The Kier molecular flexibility index (Phi) is 7.54. The third-order valence-corrected chi connectivity index (χ3v) is 6.97. The first-order valence-corrected chi connectivity index (χ1v) is 12.7. The van der Waals surface area contributed by atoms with Crippen molar-refractivity contribution in [2.75, 3.05) is 38.6 Å². The van der Waals surface area contributed by atoms with Gasteiger partial charge in [0.15, 0.2) is 5.82 Å². The largest absolute Gasteiger partial charge is 0.497 e. The number of benzene rings is 3. The first kappa shape index (κ1) is 23.3. The fourth-order valence-corrected chi connectivity index (χ4v) is 4.95. The van der Waals surface area contributed by atoms with Gasteiger partial charge in [-0.1, -0.05) is 42.5 Å². The van der Waals surface area contributed by atoms with Crippen molar-refractivity contribution in [3.8, 4) is 17.1 Å². The van der Waals surface area contributed by atoms with Crippen LogP contribution in [0.25, 0.3) is 22.3 Å². The highest BCUT2D eigenvalue weighted by Crippen LogP contribution is 2.26. The zero-order valence-corrected chi connectivity index (χ0v) is 20.5. The molecule has 0 saturated carbocycles. The maximum Gasteiger partial charge on any atom is 0.162 e. The van der Waals surface area contributed by atoms with Crippen LogP contribution in [0.2, 0.25) is 0 Å². The summed E-state index contributed by atoms with van der Waals surface area (Å²) in [5, 5.41) is 4.66. The highest BCUT2D eigenvalue weighted by atomic mass is 16.5. The van der Waals surface area contributed by atoms with Crippen molar-refractivity contribution < 1.29 is 4.74 Å². The van der Waals surface area contributed by atoms with Gasteiger partial charge in [-0.3, -0.25) is 0 Å². The number of likely N-dealkylation sites (tertiary alicyclic amines) is 1. The van der Waals surface area contributed by atoms with E-state index in [1.165, 1.54) is 37.9 Å². The van der Waals surface area contributed by atoms with E-state index in [2.05, 4.69) is 52.7 Å². The Morgan fingerprint density at radius 1 is 0.886 bits per heavy atom. The lowest BCUT2D eigenvalue weighted by Crippen LogP contribution is -2.35. The first-order valence-electron chi connectivity index (χ1n) is 12.7. The number of hydrogen-bond donors (Lipinski definition) is 1. The number of methoxy groups -OCH3 is 1. The maximum atomic E-state index is 5.29. The molecule has 1 aliphatic rings. The highest BCUT2D eigenvalue weighted by Gasteiger charge is 2.19. The topological polar surface area (TPSA) is 50.3 Å². The molecule has 2 heterocycles. The Hall–Kier alpha value is -3.44. The van der Waals surface area contributed by atoms with Crippen LogP contribution in [0.5, 0.6) is 5.75 Å². The highest BCUT2D eigenvalue weighted by molar-refractivity contribution is 5.90. The zero-order valence-electron chi connectivity index (χ0n) is 20.5. The molecule has 0 aliphatic carbocycles. The molecule has 35 heavy (non-hydrogen) atoms. The van der Waals surface area contributed by atoms with E-state index in [0.29, 0.717) is 0 Å². The number of nitrogens with one attached hydrogen (secondary N) is 1. The van der Waals surface area contributed by atoms with Crippen LogP contribution in [0.15, 0.2) is 78.9 Å². The fourth-order valence-electron chi connectivity index (χ4n) is 4.95. The molecular formula is C30H34N4O. The Bertz CT molecular complexity index is 1220. The van der Waals surface area contributed by atoms with Crippen LogP contribution in [0.4, 0.5) is 5.82 Å². The van der Waals surface area contributed by atoms with Gasteiger partial charge < -0.3 is 15.0 Å². The van der Waals surface area contributed by atoms with Gasteiger partial charge in [-0.2, -0.15) is 0 Å². The van der Waals surface area contributed by atoms with Gasteiger partial charge in [-0.15, -0.1) is 0 Å². The summed E-state index contributed by atoms with van der Waals surface area (Å²) in [6.07, 6.45) is 4.90. The molecular weight excluding hydrogens is 432 g/mol. The lowest BCUT2D eigenvalue weighted by Gasteiger charge is -2.32. The summed E-state index contributed by atoms with van der Waals surface area (Å²) in [6, 6.07) is 27.0. The lowest BCUT2D eigenvalue weighted by molar-refractivity contribution is 0.183. The SMILES string of the molecule is COc1ccc(-c2nc(NCCCN3CCC(Cc4ccccc4)CC3)c3ccccc3n2)cc1. The molecule has 0 amide bonds. The minimum atomic E-state index is 0.731. The van der Waals surface area contributed by atoms with Crippen molar-refractivity contribution in [3.63, 3.8) is 0 Å². The quantitative estimate of drug-likeness (QED) is 0.304.